The summed E-state index contributed by atoms with van der Waals surface area (Å²) < 4.78 is 0. The minimum absolute atomic E-state index is 0.00937. The number of carbonyl (C=O) groups excluding carboxylic acids is 1. The highest BCUT2D eigenvalue weighted by Crippen LogP contribution is 2.38. The van der Waals surface area contributed by atoms with Gasteiger partial charge in [-0.05, 0) is 42.4 Å². The van der Waals surface area contributed by atoms with Crippen LogP contribution < -0.4 is 10.6 Å². The van der Waals surface area contributed by atoms with E-state index in [1.807, 2.05) is 0 Å². The van der Waals surface area contributed by atoms with Crippen LogP contribution in [0.25, 0.3) is 16.1 Å². The predicted octanol–water partition coefficient (Wildman–Crippen LogP) is 3.34. The largest absolute Gasteiger partial charge is 0.358 e. The van der Waals surface area contributed by atoms with Crippen LogP contribution in [0.2, 0.25) is 0 Å². The highest BCUT2D eigenvalue weighted by Gasteiger charge is 2.24. The molecule has 0 radical (unpaired) electrons. The molecule has 0 saturated carbocycles. The molecule has 132 valence electrons. The molecule has 1 aliphatic rings. The smallest absolute Gasteiger partial charge is 0.233 e. The van der Waals surface area contributed by atoms with E-state index in [2.05, 4.69) is 52.5 Å². The number of hydrogen-bond donors (Lipinski definition) is 2. The van der Waals surface area contributed by atoms with Crippen LogP contribution in [0.5, 0.6) is 0 Å². The van der Waals surface area contributed by atoms with Crippen LogP contribution in [0.4, 0.5) is 0 Å². The summed E-state index contributed by atoms with van der Waals surface area (Å²) in [5, 5.41) is 16.6. The molecule has 25 heavy (non-hydrogen) atoms. The summed E-state index contributed by atoms with van der Waals surface area (Å²) in [6, 6.07) is 6.56. The Kier molecular flexibility index (Phi) is 5.60. The van der Waals surface area contributed by atoms with Gasteiger partial charge in [0, 0.05) is 18.7 Å². The first kappa shape index (κ1) is 17.8. The fourth-order valence-electron chi connectivity index (χ4n) is 3.19. The fourth-order valence-corrected chi connectivity index (χ4v) is 4.13. The molecule has 1 aliphatic carbocycles. The van der Waals surface area contributed by atoms with Crippen LogP contribution in [0.1, 0.15) is 48.4 Å². The molecule has 2 N–H and O–H groups in total. The second kappa shape index (κ2) is 7.89. The van der Waals surface area contributed by atoms with Gasteiger partial charge in [-0.3, -0.25) is 4.79 Å². The molecule has 0 aliphatic heterocycles. The van der Waals surface area contributed by atoms with Crippen LogP contribution >= 0.6 is 11.3 Å². The van der Waals surface area contributed by atoms with E-state index in [1.54, 1.807) is 18.4 Å². The Morgan fingerprint density at radius 3 is 3.00 bits per heavy atom. The Hall–Kier alpha value is -2.05. The second-order valence-electron chi connectivity index (χ2n) is 6.24. The molecule has 1 atom stereocenters. The van der Waals surface area contributed by atoms with Crippen molar-refractivity contribution in [2.24, 2.45) is 0 Å². The average Bonchev–Trinajstić information content (AvgIpc) is 3.14. The normalized spacial score (nSPS) is 16.3. The molecule has 1 unspecified atom stereocenters. The number of likely N-dealkylation sites (N-methyl/N-ethyl adjacent to an activating group) is 1. The molecule has 1 aromatic carbocycles. The van der Waals surface area contributed by atoms with Crippen LogP contribution in [0, 0.1) is 0 Å². The van der Waals surface area contributed by atoms with Crippen molar-refractivity contribution in [1.82, 2.24) is 20.8 Å². The molecule has 5 nitrogen and oxygen atoms in total. The van der Waals surface area contributed by atoms with Gasteiger partial charge < -0.3 is 10.6 Å². The molecular weight excluding hydrogens is 332 g/mol. The molecule has 0 bridgehead atoms. The average molecular weight is 356 g/mol. The molecule has 2 aromatic rings. The number of nitrogens with one attached hydrogen (secondary N) is 2. The SMILES string of the molecule is C=C(CC)c1nnc(-c2cccc3c2CCCC3NCC(=O)NC)s1. The van der Waals surface area contributed by atoms with Gasteiger partial charge in [0.1, 0.15) is 10.0 Å². The third-order valence-electron chi connectivity index (χ3n) is 4.68. The Bertz CT molecular complexity index is 783. The van der Waals surface area contributed by atoms with E-state index in [0.29, 0.717) is 6.54 Å². The van der Waals surface area contributed by atoms with E-state index >= 15 is 0 Å². The van der Waals surface area contributed by atoms with E-state index in [4.69, 9.17) is 0 Å². The van der Waals surface area contributed by atoms with Crippen LogP contribution in [-0.4, -0.2) is 29.7 Å². The summed E-state index contributed by atoms with van der Waals surface area (Å²) in [5.41, 5.74) is 4.79. The van der Waals surface area contributed by atoms with Crippen molar-refractivity contribution in [1.29, 1.82) is 0 Å². The number of aromatic nitrogens is 2. The van der Waals surface area contributed by atoms with E-state index in [9.17, 15) is 4.79 Å². The third-order valence-corrected chi connectivity index (χ3v) is 5.74. The zero-order chi connectivity index (χ0) is 17.8. The summed E-state index contributed by atoms with van der Waals surface area (Å²) in [6.07, 6.45) is 4.06. The van der Waals surface area contributed by atoms with Crippen molar-refractivity contribution in [2.45, 2.75) is 38.6 Å². The first-order valence-electron chi connectivity index (χ1n) is 8.71. The summed E-state index contributed by atoms with van der Waals surface area (Å²) in [5.74, 6) is 0.00937. The minimum atomic E-state index is 0.00937. The Morgan fingerprint density at radius 1 is 1.40 bits per heavy atom. The van der Waals surface area contributed by atoms with Crippen LogP contribution in [0.3, 0.4) is 0 Å². The number of benzene rings is 1. The lowest BCUT2D eigenvalue weighted by atomic mass is 9.85. The Morgan fingerprint density at radius 2 is 2.24 bits per heavy atom. The quantitative estimate of drug-likeness (QED) is 0.833. The van der Waals surface area contributed by atoms with Gasteiger partial charge in [-0.1, -0.05) is 43.0 Å². The standard InChI is InChI=1S/C19H24N4OS/c1-4-12(2)18-22-23-19(25-18)15-9-5-8-14-13(15)7-6-10-16(14)21-11-17(24)20-3/h5,8-9,16,21H,2,4,6-7,10-11H2,1,3H3,(H,20,24). The zero-order valence-electron chi connectivity index (χ0n) is 14.8. The molecule has 3 rings (SSSR count). The lowest BCUT2D eigenvalue weighted by molar-refractivity contribution is -0.119. The van der Waals surface area contributed by atoms with Crippen LogP contribution in [0.15, 0.2) is 24.8 Å². The van der Waals surface area contributed by atoms with Gasteiger partial charge in [-0.25, -0.2) is 0 Å². The van der Waals surface area contributed by atoms with Gasteiger partial charge >= 0.3 is 0 Å². The molecule has 1 aromatic heterocycles. The van der Waals surface area contributed by atoms with Gasteiger partial charge in [-0.2, -0.15) is 0 Å². The number of allylic oxidation sites excluding steroid dienone is 1. The van der Waals surface area contributed by atoms with Crippen molar-refractivity contribution >= 4 is 22.8 Å². The van der Waals surface area contributed by atoms with Gasteiger partial charge in [0.15, 0.2) is 0 Å². The van der Waals surface area contributed by atoms with Gasteiger partial charge in [0.05, 0.1) is 6.54 Å². The van der Waals surface area contributed by atoms with Gasteiger partial charge in [0.2, 0.25) is 5.91 Å². The lowest BCUT2D eigenvalue weighted by Crippen LogP contribution is -2.35. The van der Waals surface area contributed by atoms with Crippen molar-refractivity contribution in [3.63, 3.8) is 0 Å². The van der Waals surface area contributed by atoms with E-state index < -0.39 is 0 Å². The first-order chi connectivity index (χ1) is 12.1. The van der Waals surface area contributed by atoms with Crippen molar-refractivity contribution in [3.8, 4) is 10.6 Å². The summed E-state index contributed by atoms with van der Waals surface area (Å²) in [6.45, 7) is 6.48. The minimum Gasteiger partial charge on any atom is -0.358 e. The zero-order valence-corrected chi connectivity index (χ0v) is 15.6. The maximum Gasteiger partial charge on any atom is 0.233 e. The van der Waals surface area contributed by atoms with Crippen molar-refractivity contribution in [3.05, 3.63) is 40.9 Å². The molecule has 6 heteroatoms. The number of nitrogens with zero attached hydrogens (tertiary/aromatic N) is 2. The fraction of sp³-hybridized carbons (Fsp3) is 0.421. The van der Waals surface area contributed by atoms with E-state index in [-0.39, 0.29) is 11.9 Å². The number of amides is 1. The molecule has 0 fully saturated rings. The highest BCUT2D eigenvalue weighted by atomic mass is 32.1. The second-order valence-corrected chi connectivity index (χ2v) is 7.22. The third kappa shape index (κ3) is 3.80. The molecular formula is C19H24N4OS. The number of rotatable bonds is 6. The van der Waals surface area contributed by atoms with Crippen molar-refractivity contribution in [2.75, 3.05) is 13.6 Å². The Labute approximate surface area is 152 Å². The number of hydrogen-bond acceptors (Lipinski definition) is 5. The van der Waals surface area contributed by atoms with E-state index in [0.717, 1.165) is 46.8 Å². The Balaban J connectivity index is 1.89. The number of fused-ring (bicyclic) bond motifs is 1. The maximum atomic E-state index is 11.6. The van der Waals surface area contributed by atoms with Gasteiger partial charge in [-0.15, -0.1) is 10.2 Å². The van der Waals surface area contributed by atoms with Crippen LogP contribution in [-0.2, 0) is 11.2 Å². The van der Waals surface area contributed by atoms with E-state index in [1.165, 1.54) is 11.1 Å². The summed E-state index contributed by atoms with van der Waals surface area (Å²) in [7, 11) is 1.66. The maximum absolute atomic E-state index is 11.6. The van der Waals surface area contributed by atoms with Crippen molar-refractivity contribution < 1.29 is 4.79 Å². The number of carbonyl (C=O) groups is 1. The molecule has 0 saturated heterocycles. The molecule has 1 amide bonds. The monoisotopic (exact) mass is 356 g/mol. The molecule has 0 spiro atoms. The highest BCUT2D eigenvalue weighted by molar-refractivity contribution is 7.15. The molecule has 1 heterocycles. The van der Waals surface area contributed by atoms with Gasteiger partial charge in [0.25, 0.3) is 0 Å². The first-order valence-corrected chi connectivity index (χ1v) is 9.53. The summed E-state index contributed by atoms with van der Waals surface area (Å²) >= 11 is 1.61. The lowest BCUT2D eigenvalue weighted by Gasteiger charge is -2.27. The summed E-state index contributed by atoms with van der Waals surface area (Å²) in [4.78, 5) is 11.6. The topological polar surface area (TPSA) is 66.9 Å². The predicted molar refractivity (Wildman–Crippen MR) is 102 cm³/mol.